The standard InChI is InChI=1S/C22H24FN5O4S/c1-15(26-33(31,32)19-9-5-3-7-17(19)23)22(30)28-12-10-27(11-13-28)14-20-24-18-8-4-2-6-16(18)21(29)25-20/h2-9,15,26H,10-14H2,1H3,(H,24,25,29)/t15-/m0/s1. The number of para-hydroxylation sites is 1. The number of rotatable bonds is 6. The Bertz CT molecular complexity index is 1340. The van der Waals surface area contributed by atoms with Crippen molar-refractivity contribution in [1.29, 1.82) is 0 Å². The lowest BCUT2D eigenvalue weighted by atomic mass is 10.2. The molecule has 2 aromatic carbocycles. The first-order chi connectivity index (χ1) is 15.7. The molecule has 33 heavy (non-hydrogen) atoms. The fourth-order valence-corrected chi connectivity index (χ4v) is 5.11. The molecule has 174 valence electrons. The molecule has 1 saturated heterocycles. The van der Waals surface area contributed by atoms with Crippen molar-refractivity contribution in [3.63, 3.8) is 0 Å². The maximum absolute atomic E-state index is 13.9. The Labute approximate surface area is 190 Å². The minimum Gasteiger partial charge on any atom is -0.339 e. The number of amides is 1. The van der Waals surface area contributed by atoms with Gasteiger partial charge < -0.3 is 9.88 Å². The summed E-state index contributed by atoms with van der Waals surface area (Å²) in [5.74, 6) is -0.713. The van der Waals surface area contributed by atoms with Crippen LogP contribution < -0.4 is 10.3 Å². The Kier molecular flexibility index (Phi) is 6.54. The summed E-state index contributed by atoms with van der Waals surface area (Å²) in [6.07, 6.45) is 0. The third-order valence-electron chi connectivity index (χ3n) is 5.55. The lowest BCUT2D eigenvalue weighted by molar-refractivity contribution is -0.134. The van der Waals surface area contributed by atoms with Crippen molar-refractivity contribution in [3.8, 4) is 0 Å². The fourth-order valence-electron chi connectivity index (χ4n) is 3.83. The van der Waals surface area contributed by atoms with Gasteiger partial charge in [0.05, 0.1) is 23.5 Å². The average molecular weight is 474 g/mol. The summed E-state index contributed by atoms with van der Waals surface area (Å²) < 4.78 is 41.1. The molecule has 1 aliphatic rings. The van der Waals surface area contributed by atoms with E-state index in [0.717, 1.165) is 12.1 Å². The molecule has 1 fully saturated rings. The summed E-state index contributed by atoms with van der Waals surface area (Å²) in [4.78, 5) is 35.5. The Hall–Kier alpha value is -3.15. The van der Waals surface area contributed by atoms with Gasteiger partial charge in [-0.05, 0) is 31.2 Å². The number of nitrogens with one attached hydrogen (secondary N) is 2. The fraction of sp³-hybridized carbons (Fsp3) is 0.318. The van der Waals surface area contributed by atoms with E-state index in [0.29, 0.717) is 49.5 Å². The second-order valence-corrected chi connectivity index (χ2v) is 9.59. The van der Waals surface area contributed by atoms with E-state index >= 15 is 0 Å². The number of H-pyrrole nitrogens is 1. The largest absolute Gasteiger partial charge is 0.339 e. The highest BCUT2D eigenvalue weighted by Crippen LogP contribution is 2.15. The highest BCUT2D eigenvalue weighted by atomic mass is 32.2. The molecule has 2 N–H and O–H groups in total. The van der Waals surface area contributed by atoms with Gasteiger partial charge in [0.25, 0.3) is 5.56 Å². The van der Waals surface area contributed by atoms with Crippen LogP contribution in [0.5, 0.6) is 0 Å². The minimum absolute atomic E-state index is 0.194. The highest BCUT2D eigenvalue weighted by molar-refractivity contribution is 7.89. The van der Waals surface area contributed by atoms with Gasteiger partial charge in [-0.2, -0.15) is 4.72 Å². The third kappa shape index (κ3) is 5.10. The molecule has 1 aromatic heterocycles. The number of nitrogens with zero attached hydrogens (tertiary/aromatic N) is 3. The molecule has 0 bridgehead atoms. The van der Waals surface area contributed by atoms with Gasteiger partial charge in [-0.3, -0.25) is 14.5 Å². The smallest absolute Gasteiger partial charge is 0.258 e. The van der Waals surface area contributed by atoms with Gasteiger partial charge in [0.15, 0.2) is 0 Å². The molecule has 1 amide bonds. The number of carbonyl (C=O) groups excluding carboxylic acids is 1. The highest BCUT2D eigenvalue weighted by Gasteiger charge is 2.29. The number of carbonyl (C=O) groups is 1. The minimum atomic E-state index is -4.17. The number of hydrogen-bond acceptors (Lipinski definition) is 6. The van der Waals surface area contributed by atoms with Crippen LogP contribution in [0.4, 0.5) is 4.39 Å². The third-order valence-corrected chi connectivity index (χ3v) is 7.12. The van der Waals surface area contributed by atoms with E-state index in [-0.39, 0.29) is 11.5 Å². The van der Waals surface area contributed by atoms with Crippen molar-refractivity contribution in [1.82, 2.24) is 24.5 Å². The van der Waals surface area contributed by atoms with Gasteiger partial charge >= 0.3 is 0 Å². The van der Waals surface area contributed by atoms with Gasteiger partial charge in [0.2, 0.25) is 15.9 Å². The van der Waals surface area contributed by atoms with Gasteiger partial charge in [-0.1, -0.05) is 24.3 Å². The summed E-state index contributed by atoms with van der Waals surface area (Å²) in [6, 6.07) is 11.1. The van der Waals surface area contributed by atoms with Crippen molar-refractivity contribution in [3.05, 3.63) is 70.5 Å². The van der Waals surface area contributed by atoms with Crippen LogP contribution in [0.15, 0.2) is 58.2 Å². The van der Waals surface area contributed by atoms with E-state index in [4.69, 9.17) is 0 Å². The number of piperazine rings is 1. The van der Waals surface area contributed by atoms with Crippen LogP contribution >= 0.6 is 0 Å². The van der Waals surface area contributed by atoms with Crippen LogP contribution in [0.3, 0.4) is 0 Å². The second-order valence-electron chi connectivity index (χ2n) is 7.90. The average Bonchev–Trinajstić information content (AvgIpc) is 2.79. The SMILES string of the molecule is C[C@H](NS(=O)(=O)c1ccccc1F)C(=O)N1CCN(Cc2nc3ccccc3c(=O)[nH]2)CC1. The van der Waals surface area contributed by atoms with E-state index in [2.05, 4.69) is 19.6 Å². The molecule has 9 nitrogen and oxygen atoms in total. The van der Waals surface area contributed by atoms with Crippen molar-refractivity contribution < 1.29 is 17.6 Å². The second kappa shape index (κ2) is 9.38. The van der Waals surface area contributed by atoms with Crippen LogP contribution in [-0.2, 0) is 21.4 Å². The van der Waals surface area contributed by atoms with Crippen LogP contribution in [0.25, 0.3) is 10.9 Å². The molecule has 1 atom stereocenters. The number of aromatic nitrogens is 2. The lowest BCUT2D eigenvalue weighted by Gasteiger charge is -2.35. The molecule has 2 heterocycles. The zero-order valence-electron chi connectivity index (χ0n) is 18.0. The quantitative estimate of drug-likeness (QED) is 0.554. The molecule has 0 spiro atoms. The first kappa shape index (κ1) is 23.0. The first-order valence-corrected chi connectivity index (χ1v) is 12.0. The predicted octanol–water partition coefficient (Wildman–Crippen LogP) is 1.07. The monoisotopic (exact) mass is 473 g/mol. The Morgan fingerprint density at radius 1 is 1.12 bits per heavy atom. The van der Waals surface area contributed by atoms with Crippen LogP contribution in [-0.4, -0.2) is 66.3 Å². The zero-order chi connectivity index (χ0) is 23.6. The van der Waals surface area contributed by atoms with Gasteiger partial charge in [-0.25, -0.2) is 17.8 Å². The summed E-state index contributed by atoms with van der Waals surface area (Å²) in [5.41, 5.74) is 0.432. The van der Waals surface area contributed by atoms with Crippen molar-refractivity contribution >= 4 is 26.8 Å². The van der Waals surface area contributed by atoms with Gasteiger partial charge in [0.1, 0.15) is 16.5 Å². The molecule has 3 aromatic rings. The Balaban J connectivity index is 1.35. The summed E-state index contributed by atoms with van der Waals surface area (Å²) in [5, 5.41) is 0.531. The number of aromatic amines is 1. The van der Waals surface area contributed by atoms with Gasteiger partial charge in [0, 0.05) is 26.2 Å². The number of benzene rings is 2. The normalized spacial score (nSPS) is 16.1. The number of fused-ring (bicyclic) bond motifs is 1. The molecular weight excluding hydrogens is 449 g/mol. The van der Waals surface area contributed by atoms with Crippen LogP contribution in [0.1, 0.15) is 12.7 Å². The number of sulfonamides is 1. The van der Waals surface area contributed by atoms with Crippen LogP contribution in [0, 0.1) is 5.82 Å². The maximum Gasteiger partial charge on any atom is 0.258 e. The molecule has 0 aliphatic carbocycles. The van der Waals surface area contributed by atoms with E-state index in [9.17, 15) is 22.4 Å². The van der Waals surface area contributed by atoms with E-state index in [1.54, 1.807) is 23.1 Å². The molecule has 4 rings (SSSR count). The number of halogens is 1. The van der Waals surface area contributed by atoms with E-state index < -0.39 is 26.8 Å². The molecule has 0 radical (unpaired) electrons. The predicted molar refractivity (Wildman–Crippen MR) is 120 cm³/mol. The van der Waals surface area contributed by atoms with E-state index in [1.165, 1.54) is 19.1 Å². The number of hydrogen-bond donors (Lipinski definition) is 2. The molecule has 11 heteroatoms. The van der Waals surface area contributed by atoms with Crippen molar-refractivity contribution in [2.75, 3.05) is 26.2 Å². The van der Waals surface area contributed by atoms with Gasteiger partial charge in [-0.15, -0.1) is 0 Å². The Morgan fingerprint density at radius 2 is 1.79 bits per heavy atom. The molecule has 0 saturated carbocycles. The molecule has 1 aliphatic heterocycles. The summed E-state index contributed by atoms with van der Waals surface area (Å²) >= 11 is 0. The topological polar surface area (TPSA) is 115 Å². The van der Waals surface area contributed by atoms with E-state index in [1.807, 2.05) is 6.07 Å². The first-order valence-electron chi connectivity index (χ1n) is 10.5. The molecular formula is C22H24FN5O4S. The van der Waals surface area contributed by atoms with Crippen molar-refractivity contribution in [2.45, 2.75) is 24.4 Å². The molecule has 0 unspecified atom stereocenters. The van der Waals surface area contributed by atoms with Crippen molar-refractivity contribution in [2.24, 2.45) is 0 Å². The lowest BCUT2D eigenvalue weighted by Crippen LogP contribution is -2.54. The zero-order valence-corrected chi connectivity index (χ0v) is 18.8. The van der Waals surface area contributed by atoms with Crippen LogP contribution in [0.2, 0.25) is 0 Å². The maximum atomic E-state index is 13.9. The summed E-state index contributed by atoms with van der Waals surface area (Å²) in [7, 11) is -4.17. The Morgan fingerprint density at radius 3 is 2.52 bits per heavy atom. The summed E-state index contributed by atoms with van der Waals surface area (Å²) in [6.45, 7) is 3.73.